The highest BCUT2D eigenvalue weighted by Gasteiger charge is 2.14. The molecule has 0 atom stereocenters. The van der Waals surface area contributed by atoms with Gasteiger partial charge in [-0.2, -0.15) is 0 Å². The Bertz CT molecular complexity index is 774. The number of benzene rings is 2. The van der Waals surface area contributed by atoms with E-state index in [1.54, 1.807) is 0 Å². The van der Waals surface area contributed by atoms with Gasteiger partial charge in [0, 0.05) is 11.3 Å². The molecule has 5 nitrogen and oxygen atoms in total. The van der Waals surface area contributed by atoms with Crippen molar-refractivity contribution in [1.29, 1.82) is 0 Å². The lowest BCUT2D eigenvalue weighted by molar-refractivity contribution is -0.118. The van der Waals surface area contributed by atoms with Crippen molar-refractivity contribution in [2.24, 2.45) is 0 Å². The van der Waals surface area contributed by atoms with Crippen LogP contribution in [0.15, 0.2) is 30.3 Å². The SMILES string of the molecule is COc1cc(C=O)cc(Cl)c1OCC(=O)Nc1cc(C)ccc1C. The Balaban J connectivity index is 2.09. The van der Waals surface area contributed by atoms with E-state index in [0.717, 1.165) is 16.8 Å². The Labute approximate surface area is 145 Å². The number of halogens is 1. The molecule has 126 valence electrons. The molecule has 0 aliphatic heterocycles. The number of aldehydes is 1. The van der Waals surface area contributed by atoms with Crippen LogP contribution in [-0.4, -0.2) is 25.9 Å². The van der Waals surface area contributed by atoms with Crippen LogP contribution in [0.5, 0.6) is 11.5 Å². The average molecular weight is 348 g/mol. The van der Waals surface area contributed by atoms with E-state index in [-0.39, 0.29) is 23.3 Å². The van der Waals surface area contributed by atoms with Crippen LogP contribution < -0.4 is 14.8 Å². The largest absolute Gasteiger partial charge is 0.493 e. The predicted octanol–water partition coefficient (Wildman–Crippen LogP) is 3.80. The third-order valence-corrected chi connectivity index (χ3v) is 3.68. The van der Waals surface area contributed by atoms with E-state index in [2.05, 4.69) is 5.32 Å². The maximum atomic E-state index is 12.1. The van der Waals surface area contributed by atoms with Crippen molar-refractivity contribution in [3.63, 3.8) is 0 Å². The molecule has 2 aromatic rings. The zero-order valence-electron chi connectivity index (χ0n) is 13.7. The summed E-state index contributed by atoms with van der Waals surface area (Å²) >= 11 is 6.09. The zero-order chi connectivity index (χ0) is 17.7. The lowest BCUT2D eigenvalue weighted by Gasteiger charge is -2.14. The summed E-state index contributed by atoms with van der Waals surface area (Å²) in [7, 11) is 1.43. The highest BCUT2D eigenvalue weighted by molar-refractivity contribution is 6.32. The first-order chi connectivity index (χ1) is 11.4. The van der Waals surface area contributed by atoms with Crippen LogP contribution in [0.25, 0.3) is 0 Å². The molecule has 0 aliphatic carbocycles. The normalized spacial score (nSPS) is 10.2. The van der Waals surface area contributed by atoms with Crippen LogP contribution in [0.3, 0.4) is 0 Å². The van der Waals surface area contributed by atoms with Gasteiger partial charge in [-0.15, -0.1) is 0 Å². The Kier molecular flexibility index (Phi) is 5.82. The molecule has 6 heteroatoms. The standard InChI is InChI=1S/C18H18ClNO4/c1-11-4-5-12(2)15(6-11)20-17(22)10-24-18-14(19)7-13(9-21)8-16(18)23-3/h4-9H,10H2,1-3H3,(H,20,22). The van der Waals surface area contributed by atoms with Crippen LogP contribution in [0, 0.1) is 13.8 Å². The van der Waals surface area contributed by atoms with E-state index in [1.165, 1.54) is 19.2 Å². The van der Waals surface area contributed by atoms with Crippen molar-refractivity contribution < 1.29 is 19.1 Å². The fraction of sp³-hybridized carbons (Fsp3) is 0.222. The summed E-state index contributed by atoms with van der Waals surface area (Å²) in [5, 5.41) is 3.00. The molecule has 0 radical (unpaired) electrons. The van der Waals surface area contributed by atoms with Crippen LogP contribution in [-0.2, 0) is 4.79 Å². The van der Waals surface area contributed by atoms with Gasteiger partial charge in [0.2, 0.25) is 0 Å². The van der Waals surface area contributed by atoms with Crippen molar-refractivity contribution in [1.82, 2.24) is 0 Å². The highest BCUT2D eigenvalue weighted by Crippen LogP contribution is 2.36. The molecule has 0 aliphatic rings. The third-order valence-electron chi connectivity index (χ3n) is 3.40. The number of aryl methyl sites for hydroxylation is 2. The lowest BCUT2D eigenvalue weighted by Crippen LogP contribution is -2.21. The van der Waals surface area contributed by atoms with Gasteiger partial charge >= 0.3 is 0 Å². The quantitative estimate of drug-likeness (QED) is 0.807. The van der Waals surface area contributed by atoms with Crippen molar-refractivity contribution >= 4 is 29.5 Å². The summed E-state index contributed by atoms with van der Waals surface area (Å²) in [6.07, 6.45) is 0.658. The molecular formula is C18H18ClNO4. The molecule has 1 amide bonds. The maximum Gasteiger partial charge on any atom is 0.262 e. The van der Waals surface area contributed by atoms with Gasteiger partial charge in [0.15, 0.2) is 18.1 Å². The van der Waals surface area contributed by atoms with Gasteiger partial charge in [-0.25, -0.2) is 0 Å². The molecule has 0 bridgehead atoms. The first-order valence-corrected chi connectivity index (χ1v) is 7.65. The Hall–Kier alpha value is -2.53. The monoisotopic (exact) mass is 347 g/mol. The number of ether oxygens (including phenoxy) is 2. The Morgan fingerprint density at radius 2 is 2.00 bits per heavy atom. The number of methoxy groups -OCH3 is 1. The van der Waals surface area contributed by atoms with E-state index in [1.807, 2.05) is 32.0 Å². The summed E-state index contributed by atoms with van der Waals surface area (Å²) in [6, 6.07) is 8.75. The van der Waals surface area contributed by atoms with Crippen molar-refractivity contribution in [2.45, 2.75) is 13.8 Å². The van der Waals surface area contributed by atoms with Gasteiger partial charge in [-0.3, -0.25) is 9.59 Å². The molecule has 0 heterocycles. The van der Waals surface area contributed by atoms with E-state index in [0.29, 0.717) is 17.6 Å². The number of anilines is 1. The second kappa shape index (κ2) is 7.84. The summed E-state index contributed by atoms with van der Waals surface area (Å²) in [6.45, 7) is 3.63. The Morgan fingerprint density at radius 1 is 1.25 bits per heavy atom. The van der Waals surface area contributed by atoms with Gasteiger partial charge in [-0.05, 0) is 43.2 Å². The second-order valence-electron chi connectivity index (χ2n) is 5.31. The van der Waals surface area contributed by atoms with Gasteiger partial charge in [0.25, 0.3) is 5.91 Å². The van der Waals surface area contributed by atoms with E-state index >= 15 is 0 Å². The summed E-state index contributed by atoms with van der Waals surface area (Å²) in [5.74, 6) is 0.200. The van der Waals surface area contributed by atoms with Gasteiger partial charge in [0.1, 0.15) is 6.29 Å². The first kappa shape index (κ1) is 17.8. The number of nitrogens with one attached hydrogen (secondary N) is 1. The summed E-state index contributed by atoms with van der Waals surface area (Å²) < 4.78 is 10.6. The molecule has 0 fully saturated rings. The molecule has 0 aromatic heterocycles. The third kappa shape index (κ3) is 4.26. The number of rotatable bonds is 6. The average Bonchev–Trinajstić information content (AvgIpc) is 2.56. The Morgan fingerprint density at radius 3 is 2.67 bits per heavy atom. The van der Waals surface area contributed by atoms with Crippen molar-refractivity contribution in [3.05, 3.63) is 52.0 Å². The lowest BCUT2D eigenvalue weighted by atomic mass is 10.1. The predicted molar refractivity (Wildman–Crippen MR) is 93.4 cm³/mol. The fourth-order valence-electron chi connectivity index (χ4n) is 2.14. The van der Waals surface area contributed by atoms with Crippen LogP contribution in [0.4, 0.5) is 5.69 Å². The number of amides is 1. The topological polar surface area (TPSA) is 64.6 Å². The number of carbonyl (C=O) groups is 2. The van der Waals surface area contributed by atoms with Gasteiger partial charge in [0.05, 0.1) is 12.1 Å². The van der Waals surface area contributed by atoms with Crippen molar-refractivity contribution in [3.8, 4) is 11.5 Å². The highest BCUT2D eigenvalue weighted by atomic mass is 35.5. The minimum Gasteiger partial charge on any atom is -0.493 e. The second-order valence-corrected chi connectivity index (χ2v) is 5.71. The van der Waals surface area contributed by atoms with E-state index in [9.17, 15) is 9.59 Å². The molecular weight excluding hydrogens is 330 g/mol. The number of hydrogen-bond acceptors (Lipinski definition) is 4. The van der Waals surface area contributed by atoms with E-state index in [4.69, 9.17) is 21.1 Å². The van der Waals surface area contributed by atoms with Crippen LogP contribution in [0.1, 0.15) is 21.5 Å². The maximum absolute atomic E-state index is 12.1. The van der Waals surface area contributed by atoms with E-state index < -0.39 is 0 Å². The number of carbonyl (C=O) groups excluding carboxylic acids is 2. The first-order valence-electron chi connectivity index (χ1n) is 7.27. The smallest absolute Gasteiger partial charge is 0.262 e. The molecule has 24 heavy (non-hydrogen) atoms. The van der Waals surface area contributed by atoms with Crippen LogP contribution >= 0.6 is 11.6 Å². The molecule has 0 saturated carbocycles. The zero-order valence-corrected chi connectivity index (χ0v) is 14.4. The molecule has 0 spiro atoms. The summed E-state index contributed by atoms with van der Waals surface area (Å²) in [4.78, 5) is 23.0. The molecule has 1 N–H and O–H groups in total. The number of hydrogen-bond donors (Lipinski definition) is 1. The molecule has 0 unspecified atom stereocenters. The molecule has 0 saturated heterocycles. The fourth-order valence-corrected chi connectivity index (χ4v) is 2.42. The minimum atomic E-state index is -0.318. The molecule has 2 aromatic carbocycles. The van der Waals surface area contributed by atoms with Gasteiger partial charge < -0.3 is 14.8 Å². The molecule has 2 rings (SSSR count). The summed E-state index contributed by atoms with van der Waals surface area (Å²) in [5.41, 5.74) is 3.10. The van der Waals surface area contributed by atoms with Crippen molar-refractivity contribution in [2.75, 3.05) is 19.0 Å². The van der Waals surface area contributed by atoms with Crippen LogP contribution in [0.2, 0.25) is 5.02 Å². The van der Waals surface area contributed by atoms with Gasteiger partial charge in [-0.1, -0.05) is 23.7 Å². The minimum absolute atomic E-state index is 0.205.